The van der Waals surface area contributed by atoms with E-state index in [4.69, 9.17) is 23.2 Å². The van der Waals surface area contributed by atoms with Gasteiger partial charge in [-0.25, -0.2) is 9.97 Å². The maximum atomic E-state index is 5.94. The Bertz CT molecular complexity index is 692. The number of hydrogen-bond acceptors (Lipinski definition) is 2. The lowest BCUT2D eigenvalue weighted by Crippen LogP contribution is -1.99. The molecule has 0 amide bonds. The molecule has 0 N–H and O–H groups in total. The molecule has 0 aliphatic rings. The second-order valence-corrected chi connectivity index (χ2v) is 4.73. The number of benzene rings is 1. The predicted octanol–water partition coefficient (Wildman–Crippen LogP) is 3.79. The first kappa shape index (κ1) is 11.5. The second-order valence-electron chi connectivity index (χ2n) is 3.96. The summed E-state index contributed by atoms with van der Waals surface area (Å²) in [6.07, 6.45) is 1.75. The molecule has 0 bridgehead atoms. The normalized spacial score (nSPS) is 11.0. The van der Waals surface area contributed by atoms with Crippen LogP contribution in [0.25, 0.3) is 11.2 Å². The molecule has 0 saturated carbocycles. The van der Waals surface area contributed by atoms with E-state index in [1.165, 1.54) is 5.56 Å². The zero-order chi connectivity index (χ0) is 12.5. The highest BCUT2D eigenvalue weighted by atomic mass is 35.5. The van der Waals surface area contributed by atoms with Crippen LogP contribution in [0, 0.1) is 0 Å². The van der Waals surface area contributed by atoms with E-state index < -0.39 is 0 Å². The predicted molar refractivity (Wildman–Crippen MR) is 73.1 cm³/mol. The van der Waals surface area contributed by atoms with Gasteiger partial charge in [0.2, 0.25) is 0 Å². The number of imidazole rings is 1. The second kappa shape index (κ2) is 4.59. The third kappa shape index (κ3) is 2.07. The van der Waals surface area contributed by atoms with E-state index in [2.05, 4.69) is 22.1 Å². The van der Waals surface area contributed by atoms with Crippen molar-refractivity contribution < 1.29 is 0 Å². The molecule has 0 aliphatic heterocycles. The highest BCUT2D eigenvalue weighted by Crippen LogP contribution is 2.24. The summed E-state index contributed by atoms with van der Waals surface area (Å²) in [7, 11) is 0. The Kier molecular flexibility index (Phi) is 2.94. The van der Waals surface area contributed by atoms with E-state index in [1.54, 1.807) is 12.4 Å². The molecule has 3 nitrogen and oxygen atoms in total. The maximum absolute atomic E-state index is 5.94. The SMILES string of the molecule is Clc1cc2ncn(Cc3ccccc3)c2nc1Cl. The van der Waals surface area contributed by atoms with E-state index in [-0.39, 0.29) is 0 Å². The van der Waals surface area contributed by atoms with E-state index in [1.807, 2.05) is 22.8 Å². The Morgan fingerprint density at radius 3 is 2.67 bits per heavy atom. The minimum Gasteiger partial charge on any atom is -0.311 e. The first-order chi connectivity index (χ1) is 8.74. The first-order valence-corrected chi connectivity index (χ1v) is 6.20. The van der Waals surface area contributed by atoms with Crippen molar-refractivity contribution >= 4 is 34.4 Å². The van der Waals surface area contributed by atoms with Gasteiger partial charge in [0.25, 0.3) is 0 Å². The minimum absolute atomic E-state index is 0.305. The summed E-state index contributed by atoms with van der Waals surface area (Å²) in [6, 6.07) is 11.8. The summed E-state index contributed by atoms with van der Waals surface area (Å²) in [5.41, 5.74) is 2.68. The van der Waals surface area contributed by atoms with Gasteiger partial charge >= 0.3 is 0 Å². The van der Waals surface area contributed by atoms with Crippen LogP contribution >= 0.6 is 23.2 Å². The van der Waals surface area contributed by atoms with Crippen molar-refractivity contribution in [3.63, 3.8) is 0 Å². The van der Waals surface area contributed by atoms with Gasteiger partial charge in [-0.05, 0) is 11.6 Å². The van der Waals surface area contributed by atoms with Gasteiger partial charge in [-0.15, -0.1) is 0 Å². The molecule has 0 saturated heterocycles. The van der Waals surface area contributed by atoms with Gasteiger partial charge < -0.3 is 4.57 Å². The largest absolute Gasteiger partial charge is 0.311 e. The summed E-state index contributed by atoms with van der Waals surface area (Å²) >= 11 is 11.8. The molecule has 5 heteroatoms. The molecule has 2 aromatic heterocycles. The lowest BCUT2D eigenvalue weighted by molar-refractivity contribution is 0.814. The third-order valence-corrected chi connectivity index (χ3v) is 3.37. The van der Waals surface area contributed by atoms with Crippen LogP contribution in [0.5, 0.6) is 0 Å². The maximum Gasteiger partial charge on any atom is 0.161 e. The molecule has 0 spiro atoms. The van der Waals surface area contributed by atoms with Crippen LogP contribution in [0.15, 0.2) is 42.7 Å². The van der Waals surface area contributed by atoms with E-state index >= 15 is 0 Å². The highest BCUT2D eigenvalue weighted by molar-refractivity contribution is 6.41. The lowest BCUT2D eigenvalue weighted by Gasteiger charge is -2.04. The zero-order valence-electron chi connectivity index (χ0n) is 9.35. The fourth-order valence-electron chi connectivity index (χ4n) is 1.84. The molecule has 0 radical (unpaired) electrons. The number of fused-ring (bicyclic) bond motifs is 1. The first-order valence-electron chi connectivity index (χ1n) is 5.45. The van der Waals surface area contributed by atoms with Crippen LogP contribution in [-0.2, 0) is 6.54 Å². The Morgan fingerprint density at radius 1 is 1.11 bits per heavy atom. The number of halogens is 2. The van der Waals surface area contributed by atoms with Crippen LogP contribution in [-0.4, -0.2) is 14.5 Å². The van der Waals surface area contributed by atoms with Gasteiger partial charge in [0, 0.05) is 0 Å². The van der Waals surface area contributed by atoms with Crippen molar-refractivity contribution in [3.05, 3.63) is 58.5 Å². The summed E-state index contributed by atoms with van der Waals surface area (Å²) in [5, 5.41) is 0.730. The number of aromatic nitrogens is 3. The summed E-state index contributed by atoms with van der Waals surface area (Å²) in [5.74, 6) is 0. The van der Waals surface area contributed by atoms with Crippen LogP contribution < -0.4 is 0 Å². The third-order valence-electron chi connectivity index (χ3n) is 2.70. The molecule has 2 heterocycles. The van der Waals surface area contributed by atoms with Gasteiger partial charge in [-0.2, -0.15) is 0 Å². The van der Waals surface area contributed by atoms with Crippen LogP contribution in [0.1, 0.15) is 5.56 Å². The zero-order valence-corrected chi connectivity index (χ0v) is 10.9. The van der Waals surface area contributed by atoms with Gasteiger partial charge in [0.05, 0.1) is 17.9 Å². The Labute approximate surface area is 114 Å². The Hall–Kier alpha value is -1.58. The van der Waals surface area contributed by atoms with Crippen LogP contribution in [0.3, 0.4) is 0 Å². The van der Waals surface area contributed by atoms with Gasteiger partial charge in [0.1, 0.15) is 10.7 Å². The quantitative estimate of drug-likeness (QED) is 0.668. The molecule has 3 rings (SSSR count). The van der Waals surface area contributed by atoms with Gasteiger partial charge in [-0.3, -0.25) is 0 Å². The molecule has 90 valence electrons. The fraction of sp³-hybridized carbons (Fsp3) is 0.0769. The van der Waals surface area contributed by atoms with Crippen molar-refractivity contribution in [2.75, 3.05) is 0 Å². The molecule has 0 aliphatic carbocycles. The molecule has 1 aromatic carbocycles. The average Bonchev–Trinajstić information content (AvgIpc) is 2.74. The fourth-order valence-corrected chi connectivity index (χ4v) is 2.12. The molecular weight excluding hydrogens is 269 g/mol. The minimum atomic E-state index is 0.305. The van der Waals surface area contributed by atoms with Crippen molar-refractivity contribution in [1.29, 1.82) is 0 Å². The van der Waals surface area contributed by atoms with Crippen molar-refractivity contribution in [2.45, 2.75) is 6.54 Å². The number of rotatable bonds is 2. The van der Waals surface area contributed by atoms with E-state index in [0.717, 1.165) is 11.2 Å². The van der Waals surface area contributed by atoms with Gasteiger partial charge in [-0.1, -0.05) is 53.5 Å². The van der Waals surface area contributed by atoms with Gasteiger partial charge in [0.15, 0.2) is 5.65 Å². The number of hydrogen-bond donors (Lipinski definition) is 0. The standard InChI is InChI=1S/C13H9Cl2N3/c14-10-6-11-13(17-12(10)15)18(8-16-11)7-9-4-2-1-3-5-9/h1-6,8H,7H2. The monoisotopic (exact) mass is 277 g/mol. The number of pyridine rings is 1. The summed E-state index contributed by atoms with van der Waals surface area (Å²) < 4.78 is 1.95. The van der Waals surface area contributed by atoms with Crippen molar-refractivity contribution in [1.82, 2.24) is 14.5 Å². The lowest BCUT2D eigenvalue weighted by atomic mass is 10.2. The molecular formula is C13H9Cl2N3. The van der Waals surface area contributed by atoms with Crippen LogP contribution in [0.2, 0.25) is 10.2 Å². The molecule has 0 fully saturated rings. The van der Waals surface area contributed by atoms with Crippen molar-refractivity contribution in [3.8, 4) is 0 Å². The summed E-state index contributed by atoms with van der Waals surface area (Å²) in [4.78, 5) is 8.54. The van der Waals surface area contributed by atoms with Crippen LogP contribution in [0.4, 0.5) is 0 Å². The topological polar surface area (TPSA) is 30.7 Å². The van der Waals surface area contributed by atoms with E-state index in [0.29, 0.717) is 16.7 Å². The Balaban J connectivity index is 2.05. The molecule has 0 atom stereocenters. The van der Waals surface area contributed by atoms with Crippen molar-refractivity contribution in [2.24, 2.45) is 0 Å². The summed E-state index contributed by atoms with van der Waals surface area (Å²) in [6.45, 7) is 0.711. The Morgan fingerprint density at radius 2 is 1.89 bits per heavy atom. The number of nitrogens with zero attached hydrogens (tertiary/aromatic N) is 3. The molecule has 0 unspecified atom stereocenters. The molecule has 3 aromatic rings. The molecule has 18 heavy (non-hydrogen) atoms. The smallest absolute Gasteiger partial charge is 0.161 e. The average molecular weight is 278 g/mol. The highest BCUT2D eigenvalue weighted by Gasteiger charge is 2.08. The van der Waals surface area contributed by atoms with E-state index in [9.17, 15) is 0 Å².